The maximum Gasteiger partial charge on any atom is 0.338 e. The Morgan fingerprint density at radius 1 is 1.17 bits per heavy atom. The zero-order valence-electron chi connectivity index (χ0n) is 16.5. The first kappa shape index (κ1) is 19.4. The molecule has 1 unspecified atom stereocenters. The normalized spacial score (nSPS) is 11.9. The molecule has 1 atom stereocenters. The Hall–Kier alpha value is -3.94. The molecule has 2 aromatic heterocycles. The molecule has 8 nitrogen and oxygen atoms in total. The molecule has 152 valence electrons. The van der Waals surface area contributed by atoms with Gasteiger partial charge in [-0.3, -0.25) is 4.79 Å². The molecule has 0 aliphatic heterocycles. The summed E-state index contributed by atoms with van der Waals surface area (Å²) in [5.74, 6) is 0.501. The number of hydrogen-bond donors (Lipinski definition) is 2. The van der Waals surface area contributed by atoms with Crippen LogP contribution in [0.5, 0.6) is 0 Å². The molecule has 0 radical (unpaired) electrons. The van der Waals surface area contributed by atoms with Crippen LogP contribution in [-0.4, -0.2) is 33.1 Å². The molecule has 0 aliphatic rings. The molecular weight excluding hydrogens is 384 g/mol. The van der Waals surface area contributed by atoms with Crippen molar-refractivity contribution in [2.75, 3.05) is 5.32 Å². The highest BCUT2D eigenvalue weighted by atomic mass is 16.5. The van der Waals surface area contributed by atoms with Gasteiger partial charge in [0.2, 0.25) is 0 Å². The van der Waals surface area contributed by atoms with Crippen LogP contribution in [0.15, 0.2) is 59.1 Å². The predicted molar refractivity (Wildman–Crippen MR) is 111 cm³/mol. The van der Waals surface area contributed by atoms with Gasteiger partial charge in [0, 0.05) is 11.6 Å². The number of aromatic nitrogens is 3. The van der Waals surface area contributed by atoms with Gasteiger partial charge in [0.1, 0.15) is 11.6 Å². The Morgan fingerprint density at radius 3 is 2.67 bits per heavy atom. The molecule has 2 aromatic carbocycles. The molecule has 0 spiro atoms. The number of aromatic amines is 1. The van der Waals surface area contributed by atoms with E-state index in [4.69, 9.17) is 9.26 Å². The van der Waals surface area contributed by atoms with E-state index in [1.54, 1.807) is 38.1 Å². The molecule has 4 aromatic rings. The average molecular weight is 404 g/mol. The number of rotatable bonds is 6. The Balaban J connectivity index is 1.49. The Labute approximate surface area is 172 Å². The third-order valence-corrected chi connectivity index (χ3v) is 4.56. The molecule has 8 heteroatoms. The molecule has 0 saturated heterocycles. The van der Waals surface area contributed by atoms with Crippen LogP contribution in [0.2, 0.25) is 0 Å². The SMILES string of the molecule is CCC(OC(=O)c1ccc2nc(-c3ccccc3)[nH]c2c1)C(=O)Nc1cc(C)on1. The molecule has 30 heavy (non-hydrogen) atoms. The molecule has 0 saturated carbocycles. The lowest BCUT2D eigenvalue weighted by Crippen LogP contribution is -2.32. The second-order valence-electron chi connectivity index (χ2n) is 6.80. The number of H-pyrrole nitrogens is 1. The van der Waals surface area contributed by atoms with Gasteiger partial charge in [0.25, 0.3) is 5.91 Å². The van der Waals surface area contributed by atoms with E-state index in [1.165, 1.54) is 0 Å². The summed E-state index contributed by atoms with van der Waals surface area (Å²) in [6.45, 7) is 3.48. The fraction of sp³-hybridized carbons (Fsp3) is 0.182. The van der Waals surface area contributed by atoms with Gasteiger partial charge in [0.15, 0.2) is 11.9 Å². The third-order valence-electron chi connectivity index (χ3n) is 4.56. The van der Waals surface area contributed by atoms with Gasteiger partial charge < -0.3 is 19.6 Å². The zero-order valence-corrected chi connectivity index (χ0v) is 16.5. The highest BCUT2D eigenvalue weighted by Crippen LogP contribution is 2.22. The minimum atomic E-state index is -0.952. The zero-order chi connectivity index (χ0) is 21.1. The average Bonchev–Trinajstić information content (AvgIpc) is 3.37. The third kappa shape index (κ3) is 4.07. The van der Waals surface area contributed by atoms with Gasteiger partial charge in [-0.05, 0) is 31.5 Å². The monoisotopic (exact) mass is 404 g/mol. The first-order valence-electron chi connectivity index (χ1n) is 9.54. The van der Waals surface area contributed by atoms with Crippen molar-refractivity contribution in [3.63, 3.8) is 0 Å². The molecule has 2 N–H and O–H groups in total. The number of hydrogen-bond acceptors (Lipinski definition) is 6. The topological polar surface area (TPSA) is 110 Å². The van der Waals surface area contributed by atoms with E-state index in [-0.39, 0.29) is 5.82 Å². The fourth-order valence-corrected chi connectivity index (χ4v) is 3.02. The predicted octanol–water partition coefficient (Wildman–Crippen LogP) is 4.10. The van der Waals surface area contributed by atoms with Crippen molar-refractivity contribution < 1.29 is 18.8 Å². The molecular formula is C22H20N4O4. The Bertz CT molecular complexity index is 1200. The number of nitrogens with zero attached hydrogens (tertiary/aromatic N) is 2. The lowest BCUT2D eigenvalue weighted by Gasteiger charge is -2.15. The van der Waals surface area contributed by atoms with Gasteiger partial charge in [0.05, 0.1) is 16.6 Å². The molecule has 4 rings (SSSR count). The van der Waals surface area contributed by atoms with E-state index in [9.17, 15) is 9.59 Å². The van der Waals surface area contributed by atoms with Crippen LogP contribution in [0.3, 0.4) is 0 Å². The van der Waals surface area contributed by atoms with Gasteiger partial charge in [-0.1, -0.05) is 42.4 Å². The van der Waals surface area contributed by atoms with Crippen molar-refractivity contribution >= 4 is 28.7 Å². The summed E-state index contributed by atoms with van der Waals surface area (Å²) in [5, 5.41) is 6.30. The second-order valence-corrected chi connectivity index (χ2v) is 6.80. The van der Waals surface area contributed by atoms with Crippen LogP contribution in [-0.2, 0) is 9.53 Å². The number of ether oxygens (including phenoxy) is 1. The lowest BCUT2D eigenvalue weighted by molar-refractivity contribution is -0.124. The van der Waals surface area contributed by atoms with Crippen LogP contribution in [0.4, 0.5) is 5.82 Å². The number of nitrogens with one attached hydrogen (secondary N) is 2. The van der Waals surface area contributed by atoms with E-state index < -0.39 is 18.0 Å². The van der Waals surface area contributed by atoms with Gasteiger partial charge in [-0.25, -0.2) is 9.78 Å². The van der Waals surface area contributed by atoms with E-state index in [0.717, 1.165) is 11.1 Å². The number of aryl methyl sites for hydroxylation is 1. The minimum absolute atomic E-state index is 0.277. The maximum atomic E-state index is 12.6. The standard InChI is InChI=1S/C22H20N4O4/c1-3-18(21(27)25-19-11-13(2)30-26-19)29-22(28)15-9-10-16-17(12-15)24-20(23-16)14-7-5-4-6-8-14/h4-12,18H,3H2,1-2H3,(H,23,24)(H,25,26,27). The van der Waals surface area contributed by atoms with Gasteiger partial charge in [-0.15, -0.1) is 0 Å². The first-order valence-corrected chi connectivity index (χ1v) is 9.54. The molecule has 0 fully saturated rings. The highest BCUT2D eigenvalue weighted by Gasteiger charge is 2.23. The van der Waals surface area contributed by atoms with Crippen LogP contribution in [0.1, 0.15) is 29.5 Å². The minimum Gasteiger partial charge on any atom is -0.449 e. The summed E-state index contributed by atoms with van der Waals surface area (Å²) in [7, 11) is 0. The van der Waals surface area contributed by atoms with E-state index >= 15 is 0 Å². The number of esters is 1. The summed E-state index contributed by atoms with van der Waals surface area (Å²) in [5.41, 5.74) is 2.72. The van der Waals surface area contributed by atoms with E-state index in [0.29, 0.717) is 29.1 Å². The number of carbonyl (C=O) groups excluding carboxylic acids is 2. The number of benzene rings is 2. The Kier molecular flexibility index (Phi) is 5.30. The van der Waals surface area contributed by atoms with Crippen molar-refractivity contribution in [3.8, 4) is 11.4 Å². The Morgan fingerprint density at radius 2 is 1.97 bits per heavy atom. The summed E-state index contributed by atoms with van der Waals surface area (Å²) in [4.78, 5) is 32.8. The lowest BCUT2D eigenvalue weighted by atomic mass is 10.2. The first-order chi connectivity index (χ1) is 14.5. The number of fused-ring (bicyclic) bond motifs is 1. The van der Waals surface area contributed by atoms with Crippen LogP contribution in [0.25, 0.3) is 22.4 Å². The second kappa shape index (κ2) is 8.20. The van der Waals surface area contributed by atoms with Crippen molar-refractivity contribution in [1.82, 2.24) is 15.1 Å². The largest absolute Gasteiger partial charge is 0.449 e. The molecule has 0 bridgehead atoms. The van der Waals surface area contributed by atoms with Crippen LogP contribution < -0.4 is 5.32 Å². The van der Waals surface area contributed by atoms with Gasteiger partial charge in [-0.2, -0.15) is 0 Å². The molecule has 0 aliphatic carbocycles. The summed E-state index contributed by atoms with van der Waals surface area (Å²) >= 11 is 0. The van der Waals surface area contributed by atoms with Crippen molar-refractivity contribution in [1.29, 1.82) is 0 Å². The summed E-state index contributed by atoms with van der Waals surface area (Å²) in [6.07, 6.45) is -0.634. The maximum absolute atomic E-state index is 12.6. The van der Waals surface area contributed by atoms with E-state index in [1.807, 2.05) is 30.3 Å². The number of anilines is 1. The van der Waals surface area contributed by atoms with Crippen LogP contribution in [0, 0.1) is 6.92 Å². The smallest absolute Gasteiger partial charge is 0.338 e. The van der Waals surface area contributed by atoms with Crippen LogP contribution >= 0.6 is 0 Å². The van der Waals surface area contributed by atoms with Crippen molar-refractivity contribution in [3.05, 3.63) is 65.9 Å². The summed E-state index contributed by atoms with van der Waals surface area (Å²) < 4.78 is 10.3. The highest BCUT2D eigenvalue weighted by molar-refractivity contribution is 5.98. The van der Waals surface area contributed by atoms with Crippen molar-refractivity contribution in [2.24, 2.45) is 0 Å². The van der Waals surface area contributed by atoms with Gasteiger partial charge >= 0.3 is 5.97 Å². The van der Waals surface area contributed by atoms with Crippen molar-refractivity contribution in [2.45, 2.75) is 26.4 Å². The molecule has 2 heterocycles. The number of carbonyl (C=O) groups is 2. The number of imidazole rings is 1. The number of amides is 1. The molecule has 1 amide bonds. The summed E-state index contributed by atoms with van der Waals surface area (Å²) in [6, 6.07) is 16.3. The fourth-order valence-electron chi connectivity index (χ4n) is 3.02. The quantitative estimate of drug-likeness (QED) is 0.468. The van der Waals surface area contributed by atoms with E-state index in [2.05, 4.69) is 20.4 Å².